The lowest BCUT2D eigenvalue weighted by molar-refractivity contribution is 0.0734. The summed E-state index contributed by atoms with van der Waals surface area (Å²) in [6.45, 7) is 5.48. The van der Waals surface area contributed by atoms with Crippen molar-refractivity contribution >= 4 is 5.97 Å². The Balaban J connectivity index is 1.79. The van der Waals surface area contributed by atoms with Crippen molar-refractivity contribution in [3.8, 4) is 17.2 Å². The largest absolute Gasteiger partial charge is 0.494 e. The Bertz CT molecular complexity index is 773. The van der Waals surface area contributed by atoms with Gasteiger partial charge in [-0.1, -0.05) is 58.8 Å². The fourth-order valence-corrected chi connectivity index (χ4v) is 3.12. The van der Waals surface area contributed by atoms with E-state index in [-0.39, 0.29) is 11.3 Å². The molecule has 0 aliphatic carbocycles. The zero-order valence-corrected chi connectivity index (χ0v) is 18.8. The Morgan fingerprint density at radius 1 is 0.742 bits per heavy atom. The lowest BCUT2D eigenvalue weighted by Crippen LogP contribution is -2.09. The third kappa shape index (κ3) is 9.41. The van der Waals surface area contributed by atoms with Crippen molar-refractivity contribution in [1.29, 1.82) is 0 Å². The quantitative estimate of drug-likeness (QED) is 0.168. The van der Waals surface area contributed by atoms with Crippen molar-refractivity contribution in [3.63, 3.8) is 0 Å². The number of hydrogen-bond acceptors (Lipinski definition) is 4. The third-order valence-electron chi connectivity index (χ3n) is 4.97. The molecule has 0 radical (unpaired) electrons. The molecule has 31 heavy (non-hydrogen) atoms. The van der Waals surface area contributed by atoms with Gasteiger partial charge in [-0.2, -0.15) is 0 Å². The van der Waals surface area contributed by atoms with Gasteiger partial charge in [-0.15, -0.1) is 0 Å². The van der Waals surface area contributed by atoms with Crippen LogP contribution in [0.1, 0.15) is 82.0 Å². The third-order valence-corrected chi connectivity index (χ3v) is 4.97. The van der Waals surface area contributed by atoms with Crippen LogP contribution in [0.2, 0.25) is 0 Å². The highest BCUT2D eigenvalue weighted by Gasteiger charge is 2.13. The van der Waals surface area contributed by atoms with E-state index >= 15 is 0 Å². The van der Waals surface area contributed by atoms with Gasteiger partial charge < -0.3 is 14.2 Å². The monoisotopic (exact) mass is 430 g/mol. The molecule has 4 nitrogen and oxygen atoms in total. The maximum Gasteiger partial charge on any atom is 0.343 e. The summed E-state index contributed by atoms with van der Waals surface area (Å²) in [5, 5.41) is 0. The minimum absolute atomic E-state index is 0.143. The number of halogens is 1. The molecular weight excluding hydrogens is 395 g/mol. The molecule has 170 valence electrons. The lowest BCUT2D eigenvalue weighted by atomic mass is 10.2. The lowest BCUT2D eigenvalue weighted by Gasteiger charge is -2.10. The Hall–Kier alpha value is -2.56. The van der Waals surface area contributed by atoms with E-state index < -0.39 is 11.8 Å². The van der Waals surface area contributed by atoms with E-state index in [0.717, 1.165) is 37.5 Å². The second kappa shape index (κ2) is 14.4. The standard InChI is InChI=1S/C26H35FO4/c1-3-5-7-9-11-19-30-25-17-12-21(20-24(25)27)26(28)31-23-15-13-22(14-16-23)29-18-10-8-6-4-2/h12-17,20H,3-11,18-19H2,1-2H3. The van der Waals surface area contributed by atoms with Gasteiger partial charge in [-0.3, -0.25) is 0 Å². The highest BCUT2D eigenvalue weighted by atomic mass is 19.1. The van der Waals surface area contributed by atoms with Crippen molar-refractivity contribution in [2.75, 3.05) is 13.2 Å². The Labute approximate surface area is 185 Å². The zero-order valence-electron chi connectivity index (χ0n) is 18.8. The summed E-state index contributed by atoms with van der Waals surface area (Å²) in [5.74, 6) is 0.107. The van der Waals surface area contributed by atoms with E-state index in [2.05, 4.69) is 13.8 Å². The van der Waals surface area contributed by atoms with Crippen LogP contribution in [-0.2, 0) is 0 Å². The number of carbonyl (C=O) groups is 1. The molecule has 2 aromatic carbocycles. The normalized spacial score (nSPS) is 10.7. The van der Waals surface area contributed by atoms with E-state index in [4.69, 9.17) is 14.2 Å². The van der Waals surface area contributed by atoms with Crippen molar-refractivity contribution in [1.82, 2.24) is 0 Å². The van der Waals surface area contributed by atoms with Crippen LogP contribution < -0.4 is 14.2 Å². The van der Waals surface area contributed by atoms with Gasteiger partial charge in [0.25, 0.3) is 0 Å². The van der Waals surface area contributed by atoms with Gasteiger partial charge in [0.15, 0.2) is 11.6 Å². The molecule has 0 unspecified atom stereocenters. The molecule has 0 aromatic heterocycles. The summed E-state index contributed by atoms with van der Waals surface area (Å²) >= 11 is 0. The average Bonchev–Trinajstić information content (AvgIpc) is 2.78. The highest BCUT2D eigenvalue weighted by Crippen LogP contribution is 2.22. The van der Waals surface area contributed by atoms with Gasteiger partial charge >= 0.3 is 5.97 Å². The van der Waals surface area contributed by atoms with Gasteiger partial charge in [-0.25, -0.2) is 9.18 Å². The number of hydrogen-bond donors (Lipinski definition) is 0. The Kier molecular flexibility index (Phi) is 11.5. The predicted octanol–water partition coefficient (Wildman–Crippen LogP) is 7.35. The summed E-state index contributed by atoms with van der Waals surface area (Å²) in [4.78, 5) is 12.3. The fourth-order valence-electron chi connectivity index (χ4n) is 3.12. The van der Waals surface area contributed by atoms with Gasteiger partial charge in [-0.05, 0) is 55.3 Å². The molecule has 0 saturated carbocycles. The van der Waals surface area contributed by atoms with Crippen LogP contribution >= 0.6 is 0 Å². The first-order valence-electron chi connectivity index (χ1n) is 11.5. The molecule has 2 aromatic rings. The number of carbonyl (C=O) groups excluding carboxylic acids is 1. The van der Waals surface area contributed by atoms with Crippen LogP contribution in [0.3, 0.4) is 0 Å². The average molecular weight is 431 g/mol. The predicted molar refractivity (Wildman–Crippen MR) is 122 cm³/mol. The number of rotatable bonds is 15. The summed E-state index contributed by atoms with van der Waals surface area (Å²) in [5.41, 5.74) is 0.143. The molecule has 0 aliphatic rings. The van der Waals surface area contributed by atoms with Crippen LogP contribution in [-0.4, -0.2) is 19.2 Å². The van der Waals surface area contributed by atoms with Crippen molar-refractivity contribution in [2.45, 2.75) is 71.6 Å². The molecule has 0 fully saturated rings. The molecule has 0 amide bonds. The molecule has 0 atom stereocenters. The summed E-state index contributed by atoms with van der Waals surface area (Å²) in [7, 11) is 0. The highest BCUT2D eigenvalue weighted by molar-refractivity contribution is 5.91. The van der Waals surface area contributed by atoms with Gasteiger partial charge in [0.05, 0.1) is 18.8 Å². The van der Waals surface area contributed by atoms with Gasteiger partial charge in [0, 0.05) is 0 Å². The number of benzene rings is 2. The van der Waals surface area contributed by atoms with E-state index in [1.165, 1.54) is 44.2 Å². The maximum absolute atomic E-state index is 14.3. The molecule has 0 aliphatic heterocycles. The van der Waals surface area contributed by atoms with E-state index in [1.54, 1.807) is 24.3 Å². The van der Waals surface area contributed by atoms with Gasteiger partial charge in [0.2, 0.25) is 0 Å². The second-order valence-corrected chi connectivity index (χ2v) is 7.68. The van der Waals surface area contributed by atoms with E-state index in [0.29, 0.717) is 19.0 Å². The summed E-state index contributed by atoms with van der Waals surface area (Å²) < 4.78 is 30.8. The number of unbranched alkanes of at least 4 members (excludes halogenated alkanes) is 7. The molecule has 0 spiro atoms. The fraction of sp³-hybridized carbons (Fsp3) is 0.500. The minimum atomic E-state index is -0.613. The number of esters is 1. The van der Waals surface area contributed by atoms with Crippen LogP contribution in [0.15, 0.2) is 42.5 Å². The molecule has 0 heterocycles. The molecule has 5 heteroatoms. The Morgan fingerprint density at radius 2 is 1.32 bits per heavy atom. The first kappa shape index (κ1) is 24.7. The smallest absolute Gasteiger partial charge is 0.343 e. The summed E-state index contributed by atoms with van der Waals surface area (Å²) in [6.07, 6.45) is 10.1. The van der Waals surface area contributed by atoms with Crippen LogP contribution in [0.4, 0.5) is 4.39 Å². The minimum Gasteiger partial charge on any atom is -0.494 e. The summed E-state index contributed by atoms with van der Waals surface area (Å²) in [6, 6.07) is 11.0. The van der Waals surface area contributed by atoms with E-state index in [1.807, 2.05) is 0 Å². The molecule has 0 N–H and O–H groups in total. The van der Waals surface area contributed by atoms with Crippen molar-refractivity contribution < 1.29 is 23.4 Å². The van der Waals surface area contributed by atoms with Gasteiger partial charge in [0.1, 0.15) is 11.5 Å². The SMILES string of the molecule is CCCCCCCOc1ccc(C(=O)Oc2ccc(OCCCCCC)cc2)cc1F. The molecular formula is C26H35FO4. The topological polar surface area (TPSA) is 44.8 Å². The zero-order chi connectivity index (χ0) is 22.3. The molecule has 0 bridgehead atoms. The van der Waals surface area contributed by atoms with Crippen molar-refractivity contribution in [3.05, 3.63) is 53.8 Å². The van der Waals surface area contributed by atoms with Crippen LogP contribution in [0.25, 0.3) is 0 Å². The number of ether oxygens (including phenoxy) is 3. The second-order valence-electron chi connectivity index (χ2n) is 7.68. The Morgan fingerprint density at radius 3 is 1.97 bits per heavy atom. The first-order chi connectivity index (χ1) is 15.1. The van der Waals surface area contributed by atoms with E-state index in [9.17, 15) is 9.18 Å². The maximum atomic E-state index is 14.3. The van der Waals surface area contributed by atoms with Crippen molar-refractivity contribution in [2.24, 2.45) is 0 Å². The molecule has 0 saturated heterocycles. The molecule has 2 rings (SSSR count). The van der Waals surface area contributed by atoms with Crippen LogP contribution in [0.5, 0.6) is 17.2 Å². The van der Waals surface area contributed by atoms with Crippen LogP contribution in [0, 0.1) is 5.82 Å². The first-order valence-corrected chi connectivity index (χ1v) is 11.5.